The molecule has 0 saturated heterocycles. The number of hydrogen-bond donors (Lipinski definition) is 0. The minimum Gasteiger partial charge on any atom is -0.493 e. The standard InChI is InChI=1S/C19H14N2.Rh/c1-3-9-16(10-4-1)20-15-21(17-11-5-2-6-12-17)19-14-8-7-13-18(19)20;/h1-11,13-15H;/q-2;+2. The molecule has 0 atom stereocenters. The van der Waals surface area contributed by atoms with Gasteiger partial charge in [0.1, 0.15) is 0 Å². The van der Waals surface area contributed by atoms with E-state index in [1.807, 2.05) is 24.3 Å². The minimum absolute atomic E-state index is 0. The zero-order valence-electron chi connectivity index (χ0n) is 11.8. The van der Waals surface area contributed by atoms with Gasteiger partial charge in [0, 0.05) is 17.1 Å². The zero-order chi connectivity index (χ0) is 14.1. The third-order valence-corrected chi connectivity index (χ3v) is 3.62. The van der Waals surface area contributed by atoms with Crippen molar-refractivity contribution >= 4 is 22.7 Å². The van der Waals surface area contributed by atoms with Gasteiger partial charge in [-0.25, -0.2) is 0 Å². The van der Waals surface area contributed by atoms with Crippen LogP contribution in [-0.2, 0) is 19.5 Å². The van der Waals surface area contributed by atoms with Crippen molar-refractivity contribution in [1.82, 2.24) is 0 Å². The maximum absolute atomic E-state index is 3.29. The molecule has 1 heterocycles. The average molecular weight is 373 g/mol. The van der Waals surface area contributed by atoms with Crippen LogP contribution in [0.15, 0.2) is 78.9 Å². The smallest absolute Gasteiger partial charge is 0.493 e. The predicted molar refractivity (Wildman–Crippen MR) is 86.7 cm³/mol. The van der Waals surface area contributed by atoms with Crippen LogP contribution in [-0.4, -0.2) is 0 Å². The van der Waals surface area contributed by atoms with Crippen molar-refractivity contribution in [3.63, 3.8) is 0 Å². The van der Waals surface area contributed by atoms with Crippen molar-refractivity contribution in [2.24, 2.45) is 0 Å². The Kier molecular flexibility index (Phi) is 4.26. The topological polar surface area (TPSA) is 6.48 Å². The summed E-state index contributed by atoms with van der Waals surface area (Å²) in [6.07, 6.45) is 0. The molecular weight excluding hydrogens is 359 g/mol. The van der Waals surface area contributed by atoms with Crippen LogP contribution in [0.4, 0.5) is 22.7 Å². The van der Waals surface area contributed by atoms with Gasteiger partial charge in [-0.3, -0.25) is 0 Å². The summed E-state index contributed by atoms with van der Waals surface area (Å²) in [5.41, 5.74) is 4.55. The summed E-state index contributed by atoms with van der Waals surface area (Å²) in [4.78, 5) is 4.37. The molecule has 2 nitrogen and oxygen atoms in total. The molecule has 4 rings (SSSR count). The van der Waals surface area contributed by atoms with Gasteiger partial charge in [-0.2, -0.15) is 30.3 Å². The first-order chi connectivity index (χ1) is 10.4. The van der Waals surface area contributed by atoms with Gasteiger partial charge in [-0.05, 0) is 24.3 Å². The average Bonchev–Trinajstić information content (AvgIpc) is 2.96. The molecule has 109 valence electrons. The molecule has 3 aromatic rings. The molecule has 1 aliphatic rings. The summed E-state index contributed by atoms with van der Waals surface area (Å²) in [5.74, 6) is 0. The zero-order valence-corrected chi connectivity index (χ0v) is 13.4. The minimum atomic E-state index is 0. The Hall–Kier alpha value is -2.12. The second-order valence-corrected chi connectivity index (χ2v) is 4.93. The molecule has 0 aromatic heterocycles. The normalized spacial score (nSPS) is 12.7. The Bertz CT molecular complexity index is 679. The van der Waals surface area contributed by atoms with Crippen molar-refractivity contribution < 1.29 is 19.5 Å². The summed E-state index contributed by atoms with van der Waals surface area (Å²) in [7, 11) is 0. The maximum atomic E-state index is 3.29. The van der Waals surface area contributed by atoms with Crippen molar-refractivity contribution in [3.8, 4) is 0 Å². The van der Waals surface area contributed by atoms with Crippen LogP contribution >= 0.6 is 0 Å². The molecule has 0 unspecified atom stereocenters. The molecule has 22 heavy (non-hydrogen) atoms. The molecule has 0 fully saturated rings. The van der Waals surface area contributed by atoms with Gasteiger partial charge in [-0.15, -0.1) is 12.4 Å². The number of anilines is 4. The van der Waals surface area contributed by atoms with E-state index < -0.39 is 0 Å². The fraction of sp³-hybridized carbons (Fsp3) is 0. The molecular formula is C19H14N2Rh. The second kappa shape index (κ2) is 6.33. The summed E-state index contributed by atoms with van der Waals surface area (Å²) in [6, 6.07) is 30.1. The van der Waals surface area contributed by atoms with Crippen molar-refractivity contribution in [1.29, 1.82) is 0 Å². The Morgan fingerprint density at radius 2 is 1.32 bits per heavy atom. The monoisotopic (exact) mass is 373 g/mol. The van der Waals surface area contributed by atoms with Gasteiger partial charge in [0.15, 0.2) is 0 Å². The Morgan fingerprint density at radius 1 is 0.682 bits per heavy atom. The van der Waals surface area contributed by atoms with Gasteiger partial charge in [-0.1, -0.05) is 30.3 Å². The molecule has 3 heteroatoms. The van der Waals surface area contributed by atoms with Gasteiger partial charge in [0.05, 0.1) is 0 Å². The van der Waals surface area contributed by atoms with Crippen LogP contribution in [0.2, 0.25) is 0 Å². The first-order valence-corrected chi connectivity index (χ1v) is 6.98. The van der Waals surface area contributed by atoms with E-state index in [0.29, 0.717) is 0 Å². The van der Waals surface area contributed by atoms with E-state index >= 15 is 0 Å². The van der Waals surface area contributed by atoms with Crippen LogP contribution in [0.25, 0.3) is 0 Å². The van der Waals surface area contributed by atoms with Crippen LogP contribution in [0.3, 0.4) is 0 Å². The second-order valence-electron chi connectivity index (χ2n) is 4.93. The van der Waals surface area contributed by atoms with Crippen LogP contribution in [0.5, 0.6) is 0 Å². The molecule has 0 bridgehead atoms. The predicted octanol–water partition coefficient (Wildman–Crippen LogP) is 4.89. The number of benzene rings is 3. The van der Waals surface area contributed by atoms with Crippen LogP contribution in [0.1, 0.15) is 0 Å². The van der Waals surface area contributed by atoms with Gasteiger partial charge >= 0.3 is 19.5 Å². The molecule has 0 saturated carbocycles. The van der Waals surface area contributed by atoms with Crippen molar-refractivity contribution in [2.75, 3.05) is 9.80 Å². The molecule has 0 aliphatic carbocycles. The van der Waals surface area contributed by atoms with E-state index in [1.54, 1.807) is 0 Å². The molecule has 1 aliphatic heterocycles. The maximum Gasteiger partial charge on any atom is 2.00 e. The van der Waals surface area contributed by atoms with Gasteiger partial charge in [0.25, 0.3) is 0 Å². The van der Waals surface area contributed by atoms with Gasteiger partial charge in [0.2, 0.25) is 0 Å². The van der Waals surface area contributed by atoms with E-state index in [2.05, 4.69) is 77.1 Å². The summed E-state index contributed by atoms with van der Waals surface area (Å²) < 4.78 is 0. The fourth-order valence-electron chi connectivity index (χ4n) is 2.63. The Balaban J connectivity index is 0.00000144. The van der Waals surface area contributed by atoms with Crippen LogP contribution < -0.4 is 9.80 Å². The first kappa shape index (κ1) is 14.8. The quantitative estimate of drug-likeness (QED) is 0.466. The summed E-state index contributed by atoms with van der Waals surface area (Å²) in [6.45, 7) is 2.12. The van der Waals surface area contributed by atoms with E-state index in [1.165, 1.54) is 11.4 Å². The molecule has 0 spiro atoms. The number of para-hydroxylation sites is 4. The Labute approximate surface area is 143 Å². The molecule has 0 N–H and O–H groups in total. The largest absolute Gasteiger partial charge is 2.00 e. The van der Waals surface area contributed by atoms with Crippen LogP contribution in [0, 0.1) is 12.7 Å². The van der Waals surface area contributed by atoms with E-state index in [0.717, 1.165) is 11.4 Å². The molecule has 1 radical (unpaired) electrons. The molecule has 3 aromatic carbocycles. The summed E-state index contributed by atoms with van der Waals surface area (Å²) >= 11 is 0. The fourth-order valence-corrected chi connectivity index (χ4v) is 2.63. The third kappa shape index (κ3) is 2.53. The third-order valence-electron chi connectivity index (χ3n) is 3.62. The summed E-state index contributed by atoms with van der Waals surface area (Å²) in [5, 5.41) is 0. The number of nitrogens with zero attached hydrogens (tertiary/aromatic N) is 2. The number of fused-ring (bicyclic) bond motifs is 1. The van der Waals surface area contributed by atoms with Crippen molar-refractivity contribution in [3.05, 3.63) is 91.6 Å². The first-order valence-electron chi connectivity index (χ1n) is 6.98. The van der Waals surface area contributed by atoms with E-state index in [9.17, 15) is 0 Å². The number of hydrogen-bond acceptors (Lipinski definition) is 2. The van der Waals surface area contributed by atoms with Crippen molar-refractivity contribution in [2.45, 2.75) is 0 Å². The van der Waals surface area contributed by atoms with E-state index in [4.69, 9.17) is 0 Å². The Morgan fingerprint density at radius 3 is 2.00 bits per heavy atom. The number of rotatable bonds is 2. The SMILES string of the molecule is [Rh+2].[c-]1ccccc1N1[CH-]N(c2ccccc2)c2ccccc21. The van der Waals surface area contributed by atoms with Gasteiger partial charge < -0.3 is 9.80 Å². The van der Waals surface area contributed by atoms with E-state index in [-0.39, 0.29) is 19.5 Å². The molecule has 0 amide bonds.